The number of ether oxygens (including phenoxy) is 2. The van der Waals surface area contributed by atoms with Crippen molar-refractivity contribution in [1.29, 1.82) is 0 Å². The smallest absolute Gasteiger partial charge is 0.365 e. The molecule has 2 rings (SSSR count). The maximum Gasteiger partial charge on any atom is 0.365 e. The second-order valence-corrected chi connectivity index (χ2v) is 2.82. The molecule has 0 saturated heterocycles. The monoisotopic (exact) mass is 207 g/mol. The number of hydrogen-bond acceptors (Lipinski definition) is 6. The van der Waals surface area contributed by atoms with Crippen LogP contribution >= 0.6 is 0 Å². The zero-order chi connectivity index (χ0) is 11.0. The Labute approximate surface area is 83.8 Å². The normalized spacial score (nSPS) is 13.4. The summed E-state index contributed by atoms with van der Waals surface area (Å²) in [5.74, 6) is -2.16. The summed E-state index contributed by atoms with van der Waals surface area (Å²) in [5, 5.41) is 0. The van der Waals surface area contributed by atoms with Gasteiger partial charge in [0, 0.05) is 13.0 Å². The van der Waals surface area contributed by atoms with Gasteiger partial charge in [0.1, 0.15) is 0 Å². The third kappa shape index (κ3) is 1.56. The maximum absolute atomic E-state index is 11.1. The highest BCUT2D eigenvalue weighted by molar-refractivity contribution is 6.13. The largest absolute Gasteiger partial charge is 0.408 e. The van der Waals surface area contributed by atoms with Gasteiger partial charge in [-0.2, -0.15) is 0 Å². The summed E-state index contributed by atoms with van der Waals surface area (Å²) in [6.07, 6.45) is 0. The molecule has 0 unspecified atom stereocenters. The van der Waals surface area contributed by atoms with E-state index in [0.717, 1.165) is 0 Å². The topological polar surface area (TPSA) is 82.6 Å². The molecule has 0 bridgehead atoms. The van der Waals surface area contributed by atoms with E-state index in [1.807, 2.05) is 0 Å². The van der Waals surface area contributed by atoms with Crippen molar-refractivity contribution < 1.29 is 23.9 Å². The van der Waals surface area contributed by atoms with Crippen molar-refractivity contribution >= 4 is 17.9 Å². The van der Waals surface area contributed by atoms with Crippen LogP contribution in [0.4, 0.5) is 0 Å². The molecule has 6 heteroatoms. The lowest BCUT2D eigenvalue weighted by molar-refractivity contribution is -0.132. The number of fused-ring (bicyclic) bond motifs is 1. The van der Waals surface area contributed by atoms with E-state index in [1.54, 1.807) is 0 Å². The molecule has 1 aliphatic heterocycles. The van der Waals surface area contributed by atoms with E-state index in [2.05, 4.69) is 14.5 Å². The molecule has 76 valence electrons. The Morgan fingerprint density at radius 2 is 2.07 bits per heavy atom. The predicted octanol–water partition coefficient (Wildman–Crippen LogP) is 0.318. The molecule has 0 aliphatic carbocycles. The highest BCUT2D eigenvalue weighted by Gasteiger charge is 2.31. The van der Waals surface area contributed by atoms with E-state index in [0.29, 0.717) is 0 Å². The van der Waals surface area contributed by atoms with Crippen molar-refractivity contribution in [3.63, 3.8) is 0 Å². The first kappa shape index (κ1) is 9.32. The first-order valence-electron chi connectivity index (χ1n) is 4.04. The molecule has 1 aliphatic rings. The Hall–Kier alpha value is -2.24. The molecule has 0 saturated carbocycles. The molecular weight excluding hydrogens is 202 g/mol. The van der Waals surface area contributed by atoms with Gasteiger partial charge in [-0.3, -0.25) is 4.79 Å². The number of rotatable bonds is 1. The molecule has 0 N–H and O–H groups in total. The summed E-state index contributed by atoms with van der Waals surface area (Å²) in [5.41, 5.74) is -0.0466. The highest BCUT2D eigenvalue weighted by atomic mass is 16.6. The van der Waals surface area contributed by atoms with E-state index in [1.165, 1.54) is 19.1 Å². The molecule has 2 heterocycles. The van der Waals surface area contributed by atoms with E-state index >= 15 is 0 Å². The van der Waals surface area contributed by atoms with Crippen LogP contribution in [0, 0.1) is 0 Å². The van der Waals surface area contributed by atoms with E-state index in [4.69, 9.17) is 0 Å². The fraction of sp³-hybridized carbons (Fsp3) is 0.111. The number of carbonyl (C=O) groups excluding carboxylic acids is 3. The average molecular weight is 207 g/mol. The minimum Gasteiger partial charge on any atom is -0.408 e. The van der Waals surface area contributed by atoms with Gasteiger partial charge in [0.15, 0.2) is 5.69 Å². The molecule has 0 aromatic carbocycles. The van der Waals surface area contributed by atoms with Crippen molar-refractivity contribution in [2.45, 2.75) is 6.92 Å². The van der Waals surface area contributed by atoms with Gasteiger partial charge in [0.2, 0.25) is 5.88 Å². The van der Waals surface area contributed by atoms with Gasteiger partial charge in [0.25, 0.3) is 0 Å². The van der Waals surface area contributed by atoms with Gasteiger partial charge in [0.05, 0.1) is 5.56 Å². The minimum atomic E-state index is -0.830. The van der Waals surface area contributed by atoms with Gasteiger partial charge >= 0.3 is 17.9 Å². The lowest BCUT2D eigenvalue weighted by atomic mass is 10.2. The molecule has 15 heavy (non-hydrogen) atoms. The predicted molar refractivity (Wildman–Crippen MR) is 45.3 cm³/mol. The van der Waals surface area contributed by atoms with Crippen molar-refractivity contribution in [1.82, 2.24) is 4.98 Å². The van der Waals surface area contributed by atoms with Gasteiger partial charge < -0.3 is 9.47 Å². The van der Waals surface area contributed by atoms with Gasteiger partial charge in [-0.05, 0) is 6.07 Å². The summed E-state index contributed by atoms with van der Waals surface area (Å²) >= 11 is 0. The lowest BCUT2D eigenvalue weighted by Crippen LogP contribution is -2.05. The Bertz CT molecular complexity index is 479. The second kappa shape index (κ2) is 3.16. The molecule has 0 fully saturated rings. The number of cyclic esters (lactones) is 2. The third-order valence-electron chi connectivity index (χ3n) is 1.72. The van der Waals surface area contributed by atoms with Crippen LogP contribution in [0.15, 0.2) is 12.1 Å². The molecule has 1 aromatic rings. The molecule has 1 aromatic heterocycles. The quantitative estimate of drug-likeness (QED) is 0.487. The van der Waals surface area contributed by atoms with Crippen LogP contribution in [-0.2, 0) is 9.53 Å². The minimum absolute atomic E-state index is 0.0344. The fourth-order valence-electron chi connectivity index (χ4n) is 1.15. The van der Waals surface area contributed by atoms with Crippen LogP contribution in [0.5, 0.6) is 5.88 Å². The van der Waals surface area contributed by atoms with E-state index < -0.39 is 17.9 Å². The van der Waals surface area contributed by atoms with Crippen molar-refractivity contribution in [3.8, 4) is 5.88 Å². The Morgan fingerprint density at radius 3 is 2.73 bits per heavy atom. The number of hydrogen-bond donors (Lipinski definition) is 0. The zero-order valence-corrected chi connectivity index (χ0v) is 7.64. The number of carbonyl (C=O) groups is 3. The zero-order valence-electron chi connectivity index (χ0n) is 7.64. The second-order valence-electron chi connectivity index (χ2n) is 2.82. The van der Waals surface area contributed by atoms with Gasteiger partial charge in [-0.15, -0.1) is 0 Å². The summed E-state index contributed by atoms with van der Waals surface area (Å²) < 4.78 is 8.96. The van der Waals surface area contributed by atoms with Crippen LogP contribution in [0.3, 0.4) is 0 Å². The standard InChI is InChI=1S/C9H5NO5/c1-4(11)14-6-3-2-5-7(10-6)9(13)15-8(5)12/h2-3H,1H3. The molecule has 0 radical (unpaired) electrons. The van der Waals surface area contributed by atoms with Crippen molar-refractivity contribution in [2.75, 3.05) is 0 Å². The SMILES string of the molecule is CC(=O)Oc1ccc2c(n1)C(=O)OC2=O. The first-order valence-corrected chi connectivity index (χ1v) is 4.04. The Kier molecular flexibility index (Phi) is 1.96. The Morgan fingerprint density at radius 1 is 1.33 bits per heavy atom. The molecule has 0 spiro atoms. The fourth-order valence-corrected chi connectivity index (χ4v) is 1.15. The number of aromatic nitrogens is 1. The summed E-state index contributed by atoms with van der Waals surface area (Å²) in [4.78, 5) is 36.4. The first-order chi connectivity index (χ1) is 7.08. The third-order valence-corrected chi connectivity index (χ3v) is 1.72. The van der Waals surface area contributed by atoms with Gasteiger partial charge in [-0.1, -0.05) is 0 Å². The van der Waals surface area contributed by atoms with Crippen molar-refractivity contribution in [2.24, 2.45) is 0 Å². The summed E-state index contributed by atoms with van der Waals surface area (Å²) in [7, 11) is 0. The number of nitrogens with zero attached hydrogens (tertiary/aromatic N) is 1. The highest BCUT2D eigenvalue weighted by Crippen LogP contribution is 2.20. The number of esters is 3. The van der Waals surface area contributed by atoms with Gasteiger partial charge in [-0.25, -0.2) is 14.6 Å². The Balaban J connectivity index is 2.42. The maximum atomic E-state index is 11.1. The van der Waals surface area contributed by atoms with Crippen LogP contribution in [0.2, 0.25) is 0 Å². The van der Waals surface area contributed by atoms with E-state index in [9.17, 15) is 14.4 Å². The van der Waals surface area contributed by atoms with E-state index in [-0.39, 0.29) is 17.1 Å². The van der Waals surface area contributed by atoms with Crippen LogP contribution in [0.1, 0.15) is 27.8 Å². The van der Waals surface area contributed by atoms with Crippen molar-refractivity contribution in [3.05, 3.63) is 23.4 Å². The lowest BCUT2D eigenvalue weighted by Gasteiger charge is -1.99. The van der Waals surface area contributed by atoms with Crippen LogP contribution in [-0.4, -0.2) is 22.9 Å². The summed E-state index contributed by atoms with van der Waals surface area (Å²) in [6, 6.07) is 2.65. The average Bonchev–Trinajstić information content (AvgIpc) is 2.41. The van der Waals surface area contributed by atoms with Crippen LogP contribution < -0.4 is 4.74 Å². The summed E-state index contributed by atoms with van der Waals surface area (Å²) in [6.45, 7) is 1.21. The molecule has 0 atom stereocenters. The number of pyridine rings is 1. The molecular formula is C9H5NO5. The molecule has 6 nitrogen and oxygen atoms in total. The molecule has 0 amide bonds. The van der Waals surface area contributed by atoms with Crippen LogP contribution in [0.25, 0.3) is 0 Å².